The minimum Gasteiger partial charge on any atom is -0.392 e. The average Bonchev–Trinajstić information content (AvgIpc) is 2.55. The number of para-hydroxylation sites is 1. The van der Waals surface area contributed by atoms with Crippen LogP contribution in [0.15, 0.2) is 24.3 Å². The first-order chi connectivity index (χ1) is 11.1. The van der Waals surface area contributed by atoms with E-state index >= 15 is 0 Å². The first-order valence-corrected chi connectivity index (χ1v) is 8.16. The first kappa shape index (κ1) is 15.9. The molecule has 5 nitrogen and oxygen atoms in total. The van der Waals surface area contributed by atoms with E-state index in [2.05, 4.69) is 10.3 Å². The Hall–Kier alpha value is -1.98. The molecule has 5 heteroatoms. The number of anilines is 1. The number of hydrogen-bond donors (Lipinski definition) is 3. The molecule has 1 saturated carbocycles. The van der Waals surface area contributed by atoms with Gasteiger partial charge in [-0.05, 0) is 37.5 Å². The highest BCUT2D eigenvalue weighted by molar-refractivity contribution is 6.02. The average molecular weight is 313 g/mol. The lowest BCUT2D eigenvalue weighted by Crippen LogP contribution is -2.40. The van der Waals surface area contributed by atoms with Crippen LogP contribution in [0.5, 0.6) is 0 Å². The van der Waals surface area contributed by atoms with Gasteiger partial charge in [-0.1, -0.05) is 25.0 Å². The summed E-state index contributed by atoms with van der Waals surface area (Å²) in [5.41, 5.74) is 9.14. The van der Waals surface area contributed by atoms with Gasteiger partial charge in [0, 0.05) is 17.1 Å². The van der Waals surface area contributed by atoms with Crippen LogP contribution < -0.4 is 11.1 Å². The number of hydrogen-bond acceptors (Lipinski definition) is 4. The van der Waals surface area contributed by atoms with E-state index in [0.717, 1.165) is 42.3 Å². The van der Waals surface area contributed by atoms with Crippen molar-refractivity contribution in [1.29, 1.82) is 0 Å². The largest absolute Gasteiger partial charge is 0.392 e. The second kappa shape index (κ2) is 6.64. The van der Waals surface area contributed by atoms with Crippen molar-refractivity contribution in [2.45, 2.75) is 45.3 Å². The lowest BCUT2D eigenvalue weighted by Gasteiger charge is -2.27. The minimum absolute atomic E-state index is 0.0291. The van der Waals surface area contributed by atoms with Crippen molar-refractivity contribution in [2.75, 3.05) is 5.32 Å². The number of nitrogens with two attached hydrogens (primary N) is 1. The number of aliphatic hydroxyl groups excluding tert-OH is 1. The van der Waals surface area contributed by atoms with Gasteiger partial charge < -0.3 is 16.2 Å². The highest BCUT2D eigenvalue weighted by Gasteiger charge is 2.28. The third kappa shape index (κ3) is 3.21. The van der Waals surface area contributed by atoms with Gasteiger partial charge in [0.2, 0.25) is 5.91 Å². The molecule has 1 aromatic carbocycles. The Morgan fingerprint density at radius 1 is 1.39 bits per heavy atom. The van der Waals surface area contributed by atoms with Crippen LogP contribution in [0.2, 0.25) is 0 Å². The second-order valence-electron chi connectivity index (χ2n) is 6.33. The number of nitrogens with zero attached hydrogens (tertiary/aromatic N) is 1. The number of pyridine rings is 1. The fourth-order valence-corrected chi connectivity index (χ4v) is 3.40. The topological polar surface area (TPSA) is 88.2 Å². The lowest BCUT2D eigenvalue weighted by atomic mass is 9.84. The van der Waals surface area contributed by atoms with Gasteiger partial charge in [0.1, 0.15) is 0 Å². The van der Waals surface area contributed by atoms with Gasteiger partial charge in [-0.2, -0.15) is 0 Å². The van der Waals surface area contributed by atoms with Gasteiger partial charge in [-0.15, -0.1) is 0 Å². The molecule has 1 fully saturated rings. The molecule has 1 aromatic heterocycles. The summed E-state index contributed by atoms with van der Waals surface area (Å²) < 4.78 is 0. The molecule has 23 heavy (non-hydrogen) atoms. The molecule has 0 unspecified atom stereocenters. The molecule has 0 saturated heterocycles. The molecule has 4 N–H and O–H groups in total. The Balaban J connectivity index is 1.93. The van der Waals surface area contributed by atoms with Crippen molar-refractivity contribution in [1.82, 2.24) is 4.98 Å². The van der Waals surface area contributed by atoms with Crippen LogP contribution in [-0.2, 0) is 11.4 Å². The van der Waals surface area contributed by atoms with Crippen molar-refractivity contribution in [2.24, 2.45) is 11.7 Å². The van der Waals surface area contributed by atoms with Gasteiger partial charge in [0.25, 0.3) is 0 Å². The maximum absolute atomic E-state index is 12.6. The Morgan fingerprint density at radius 3 is 2.91 bits per heavy atom. The number of aryl methyl sites for hydroxylation is 1. The van der Waals surface area contributed by atoms with Gasteiger partial charge >= 0.3 is 0 Å². The zero-order valence-corrected chi connectivity index (χ0v) is 13.4. The third-order valence-electron chi connectivity index (χ3n) is 4.64. The molecule has 1 aliphatic carbocycles. The molecule has 122 valence electrons. The van der Waals surface area contributed by atoms with E-state index in [4.69, 9.17) is 5.73 Å². The van der Waals surface area contributed by atoms with Crippen LogP contribution >= 0.6 is 0 Å². The highest BCUT2D eigenvalue weighted by Crippen LogP contribution is 2.28. The maximum atomic E-state index is 12.6. The normalized spacial score (nSPS) is 21.3. The van der Waals surface area contributed by atoms with Crippen molar-refractivity contribution in [3.05, 3.63) is 35.5 Å². The first-order valence-electron chi connectivity index (χ1n) is 8.16. The number of amides is 1. The van der Waals surface area contributed by atoms with Crippen LogP contribution in [0, 0.1) is 12.8 Å². The minimum atomic E-state index is -0.138. The summed E-state index contributed by atoms with van der Waals surface area (Å²) in [6.45, 7) is 1.83. The van der Waals surface area contributed by atoms with Crippen LogP contribution in [0.3, 0.4) is 0 Å². The zero-order valence-electron chi connectivity index (χ0n) is 13.4. The molecule has 1 heterocycles. The summed E-state index contributed by atoms with van der Waals surface area (Å²) in [4.78, 5) is 17.1. The number of carbonyl (C=O) groups excluding carboxylic acids is 1. The molecule has 2 atom stereocenters. The van der Waals surface area contributed by atoms with Gasteiger partial charge in [0.05, 0.1) is 23.7 Å². The summed E-state index contributed by atoms with van der Waals surface area (Å²) in [6.07, 6.45) is 3.89. The quantitative estimate of drug-likeness (QED) is 0.812. The molecule has 1 aliphatic rings. The third-order valence-corrected chi connectivity index (χ3v) is 4.64. The van der Waals surface area contributed by atoms with Crippen molar-refractivity contribution in [3.63, 3.8) is 0 Å². The highest BCUT2D eigenvalue weighted by atomic mass is 16.3. The molecular formula is C18H23N3O2. The zero-order chi connectivity index (χ0) is 16.4. The molecular weight excluding hydrogens is 290 g/mol. The van der Waals surface area contributed by atoms with E-state index in [0.29, 0.717) is 11.2 Å². The maximum Gasteiger partial charge on any atom is 0.229 e. The van der Waals surface area contributed by atoms with Gasteiger partial charge in [-0.25, -0.2) is 0 Å². The summed E-state index contributed by atoms with van der Waals surface area (Å²) >= 11 is 0. The summed E-state index contributed by atoms with van der Waals surface area (Å²) in [6, 6.07) is 7.43. The van der Waals surface area contributed by atoms with E-state index in [9.17, 15) is 9.90 Å². The van der Waals surface area contributed by atoms with E-state index in [1.807, 2.05) is 31.2 Å². The predicted octanol–water partition coefficient (Wildman–Crippen LogP) is 2.49. The van der Waals surface area contributed by atoms with Gasteiger partial charge in [0.15, 0.2) is 0 Å². The Morgan fingerprint density at radius 2 is 2.17 bits per heavy atom. The molecule has 0 radical (unpaired) electrons. The standard InChI is InChI=1S/C18H23N3O2/c1-11-9-12(10-22)13-6-4-8-16(17(13)20-11)21-18(23)14-5-2-3-7-15(14)19/h4,6,8-9,14-15,22H,2-3,5,7,10,19H2,1H3,(H,21,23)/t14-,15-/m1/s1. The number of nitrogens with one attached hydrogen (secondary N) is 1. The van der Waals surface area contributed by atoms with Crippen LogP contribution in [0.4, 0.5) is 5.69 Å². The molecule has 2 aromatic rings. The van der Waals surface area contributed by atoms with Crippen LogP contribution in [-0.4, -0.2) is 22.0 Å². The Bertz CT molecular complexity index is 730. The molecule has 0 spiro atoms. The number of aromatic nitrogens is 1. The number of fused-ring (bicyclic) bond motifs is 1. The summed E-state index contributed by atoms with van der Waals surface area (Å²) in [7, 11) is 0. The van der Waals surface area contributed by atoms with Gasteiger partial charge in [-0.3, -0.25) is 9.78 Å². The molecule has 1 amide bonds. The molecule has 0 bridgehead atoms. The number of rotatable bonds is 3. The van der Waals surface area contributed by atoms with E-state index in [-0.39, 0.29) is 24.5 Å². The van der Waals surface area contributed by atoms with E-state index in [1.165, 1.54) is 0 Å². The predicted molar refractivity (Wildman–Crippen MR) is 91.0 cm³/mol. The number of carbonyl (C=O) groups is 1. The van der Waals surface area contributed by atoms with Crippen LogP contribution in [0.25, 0.3) is 10.9 Å². The SMILES string of the molecule is Cc1cc(CO)c2cccc(NC(=O)[C@@H]3CCCC[C@H]3N)c2n1. The van der Waals surface area contributed by atoms with E-state index < -0.39 is 0 Å². The van der Waals surface area contributed by atoms with Crippen molar-refractivity contribution in [3.8, 4) is 0 Å². The fraction of sp³-hybridized carbons (Fsp3) is 0.444. The summed E-state index contributed by atoms with van der Waals surface area (Å²) in [5.74, 6) is -0.167. The Kier molecular flexibility index (Phi) is 4.59. The van der Waals surface area contributed by atoms with Crippen LogP contribution in [0.1, 0.15) is 36.9 Å². The monoisotopic (exact) mass is 313 g/mol. The molecule has 3 rings (SSSR count). The number of benzene rings is 1. The van der Waals surface area contributed by atoms with Crippen molar-refractivity contribution >= 4 is 22.5 Å². The molecule has 0 aliphatic heterocycles. The lowest BCUT2D eigenvalue weighted by molar-refractivity contribution is -0.121. The van der Waals surface area contributed by atoms with Crippen molar-refractivity contribution < 1.29 is 9.90 Å². The summed E-state index contributed by atoms with van der Waals surface area (Å²) in [5, 5.41) is 13.4. The van der Waals surface area contributed by atoms with E-state index in [1.54, 1.807) is 0 Å². The second-order valence-corrected chi connectivity index (χ2v) is 6.33. The fourth-order valence-electron chi connectivity index (χ4n) is 3.40. The Labute approximate surface area is 135 Å². The number of aliphatic hydroxyl groups is 1. The smallest absolute Gasteiger partial charge is 0.229 e.